The van der Waals surface area contributed by atoms with Crippen LogP contribution in [0.3, 0.4) is 0 Å². The van der Waals surface area contributed by atoms with Gasteiger partial charge < -0.3 is 10.6 Å². The number of pyridine rings is 1. The minimum Gasteiger partial charge on any atom is -0.323 e. The molecule has 1 aliphatic heterocycles. The van der Waals surface area contributed by atoms with Gasteiger partial charge in [-0.3, -0.25) is 9.78 Å². The molecule has 0 aliphatic carbocycles. The van der Waals surface area contributed by atoms with Crippen molar-refractivity contribution >= 4 is 11.6 Å². The van der Waals surface area contributed by atoms with E-state index in [1.54, 1.807) is 12.4 Å². The Labute approximate surface area is 108 Å². The van der Waals surface area contributed by atoms with Crippen LogP contribution >= 0.6 is 0 Å². The van der Waals surface area contributed by atoms with Gasteiger partial charge in [0, 0.05) is 6.20 Å². The molecule has 1 amide bonds. The van der Waals surface area contributed by atoms with Crippen LogP contribution in [0.5, 0.6) is 0 Å². The summed E-state index contributed by atoms with van der Waals surface area (Å²) in [7, 11) is 0. The van der Waals surface area contributed by atoms with Crippen LogP contribution in [0.15, 0.2) is 18.5 Å². The third-order valence-electron chi connectivity index (χ3n) is 3.64. The number of hydrogen-bond acceptors (Lipinski definition) is 3. The van der Waals surface area contributed by atoms with Crippen molar-refractivity contribution in [2.24, 2.45) is 0 Å². The van der Waals surface area contributed by atoms with E-state index in [9.17, 15) is 4.79 Å². The second-order valence-corrected chi connectivity index (χ2v) is 5.01. The predicted octanol–water partition coefficient (Wildman–Crippen LogP) is 2.25. The van der Waals surface area contributed by atoms with Gasteiger partial charge in [0.05, 0.1) is 17.4 Å². The molecular formula is C14H21N3O. The molecule has 98 valence electrons. The fraction of sp³-hybridized carbons (Fsp3) is 0.571. The van der Waals surface area contributed by atoms with Gasteiger partial charge in [-0.1, -0.05) is 13.3 Å². The lowest BCUT2D eigenvalue weighted by Gasteiger charge is -2.28. The van der Waals surface area contributed by atoms with Crippen molar-refractivity contribution in [3.63, 3.8) is 0 Å². The van der Waals surface area contributed by atoms with Gasteiger partial charge in [-0.05, 0) is 44.4 Å². The lowest BCUT2D eigenvalue weighted by Crippen LogP contribution is -2.50. The lowest BCUT2D eigenvalue weighted by molar-refractivity contribution is -0.122. The van der Waals surface area contributed by atoms with Crippen LogP contribution in [0, 0.1) is 6.92 Å². The van der Waals surface area contributed by atoms with Gasteiger partial charge in [-0.25, -0.2) is 0 Å². The first-order valence-corrected chi connectivity index (χ1v) is 6.65. The van der Waals surface area contributed by atoms with Crippen LogP contribution in [0.1, 0.15) is 38.2 Å². The molecule has 1 aromatic heterocycles. The molecule has 0 saturated carbocycles. The van der Waals surface area contributed by atoms with E-state index in [0.717, 1.165) is 43.5 Å². The molecule has 18 heavy (non-hydrogen) atoms. The molecule has 1 fully saturated rings. The number of hydrogen-bond donors (Lipinski definition) is 2. The van der Waals surface area contributed by atoms with Crippen molar-refractivity contribution in [2.75, 3.05) is 11.9 Å². The number of carbonyl (C=O) groups is 1. The standard InChI is InChI=1S/C14H21N3O/c1-3-6-14(7-4-8-16-14)13(18)17-12-10-15-9-5-11(12)2/h5,9-10,16H,3-4,6-8H2,1-2H3,(H,17,18). The van der Waals surface area contributed by atoms with Crippen molar-refractivity contribution < 1.29 is 4.79 Å². The highest BCUT2D eigenvalue weighted by Crippen LogP contribution is 2.26. The highest BCUT2D eigenvalue weighted by molar-refractivity contribution is 5.98. The number of nitrogens with one attached hydrogen (secondary N) is 2. The maximum Gasteiger partial charge on any atom is 0.244 e. The minimum absolute atomic E-state index is 0.0814. The van der Waals surface area contributed by atoms with E-state index in [4.69, 9.17) is 0 Å². The van der Waals surface area contributed by atoms with E-state index < -0.39 is 0 Å². The van der Waals surface area contributed by atoms with E-state index >= 15 is 0 Å². The number of amides is 1. The zero-order chi connectivity index (χ0) is 13.0. The smallest absolute Gasteiger partial charge is 0.244 e. The summed E-state index contributed by atoms with van der Waals surface area (Å²) in [6.45, 7) is 5.02. The van der Waals surface area contributed by atoms with Gasteiger partial charge >= 0.3 is 0 Å². The molecule has 4 heteroatoms. The van der Waals surface area contributed by atoms with E-state index in [0.29, 0.717) is 0 Å². The zero-order valence-corrected chi connectivity index (χ0v) is 11.1. The second-order valence-electron chi connectivity index (χ2n) is 5.01. The molecule has 2 rings (SSSR count). The number of anilines is 1. The van der Waals surface area contributed by atoms with Gasteiger partial charge in [-0.2, -0.15) is 0 Å². The van der Waals surface area contributed by atoms with Gasteiger partial charge in [0.15, 0.2) is 0 Å². The van der Waals surface area contributed by atoms with Crippen LogP contribution in [0.25, 0.3) is 0 Å². The molecule has 1 saturated heterocycles. The summed E-state index contributed by atoms with van der Waals surface area (Å²) < 4.78 is 0. The summed E-state index contributed by atoms with van der Waals surface area (Å²) in [6.07, 6.45) is 7.33. The van der Waals surface area contributed by atoms with E-state index in [1.807, 2.05) is 13.0 Å². The molecule has 1 aromatic rings. The monoisotopic (exact) mass is 247 g/mol. The molecule has 2 heterocycles. The van der Waals surface area contributed by atoms with Crippen LogP contribution in [0.4, 0.5) is 5.69 Å². The summed E-state index contributed by atoms with van der Waals surface area (Å²) in [6, 6.07) is 1.91. The predicted molar refractivity (Wildman–Crippen MR) is 72.5 cm³/mol. The molecule has 0 spiro atoms. The third kappa shape index (κ3) is 2.53. The Balaban J connectivity index is 2.13. The summed E-state index contributed by atoms with van der Waals surface area (Å²) >= 11 is 0. The molecule has 0 bridgehead atoms. The molecule has 4 nitrogen and oxygen atoms in total. The van der Waals surface area contributed by atoms with E-state index in [-0.39, 0.29) is 11.4 Å². The van der Waals surface area contributed by atoms with E-state index in [1.165, 1.54) is 0 Å². The Morgan fingerprint density at radius 3 is 3.06 bits per heavy atom. The molecule has 2 N–H and O–H groups in total. The van der Waals surface area contributed by atoms with E-state index in [2.05, 4.69) is 22.5 Å². The van der Waals surface area contributed by atoms with Gasteiger partial charge in [0.2, 0.25) is 5.91 Å². The number of aromatic nitrogens is 1. The molecule has 0 aromatic carbocycles. The Morgan fingerprint density at radius 1 is 1.61 bits per heavy atom. The number of carbonyl (C=O) groups excluding carboxylic acids is 1. The van der Waals surface area contributed by atoms with Gasteiger partial charge in [-0.15, -0.1) is 0 Å². The second kappa shape index (κ2) is 5.48. The molecule has 1 atom stereocenters. The quantitative estimate of drug-likeness (QED) is 0.858. The number of aryl methyl sites for hydroxylation is 1. The minimum atomic E-state index is -0.378. The van der Waals surface area contributed by atoms with Crippen molar-refractivity contribution in [3.8, 4) is 0 Å². The summed E-state index contributed by atoms with van der Waals surface area (Å²) in [5, 5.41) is 6.39. The Morgan fingerprint density at radius 2 is 2.44 bits per heavy atom. The fourth-order valence-electron chi connectivity index (χ4n) is 2.59. The van der Waals surface area contributed by atoms with Crippen molar-refractivity contribution in [3.05, 3.63) is 24.0 Å². The first-order valence-electron chi connectivity index (χ1n) is 6.65. The topological polar surface area (TPSA) is 54.0 Å². The first kappa shape index (κ1) is 13.0. The third-order valence-corrected chi connectivity index (χ3v) is 3.64. The zero-order valence-electron chi connectivity index (χ0n) is 11.1. The first-order chi connectivity index (χ1) is 8.68. The van der Waals surface area contributed by atoms with Gasteiger partial charge in [0.25, 0.3) is 0 Å². The largest absolute Gasteiger partial charge is 0.323 e. The van der Waals surface area contributed by atoms with Crippen LogP contribution in [0.2, 0.25) is 0 Å². The average molecular weight is 247 g/mol. The maximum atomic E-state index is 12.5. The summed E-state index contributed by atoms with van der Waals surface area (Å²) in [4.78, 5) is 16.5. The molecule has 0 radical (unpaired) electrons. The number of nitrogens with zero attached hydrogens (tertiary/aromatic N) is 1. The molecule has 1 unspecified atom stereocenters. The summed E-state index contributed by atoms with van der Waals surface area (Å²) in [5.74, 6) is 0.0814. The van der Waals surface area contributed by atoms with Crippen molar-refractivity contribution in [1.82, 2.24) is 10.3 Å². The Hall–Kier alpha value is -1.42. The molecular weight excluding hydrogens is 226 g/mol. The van der Waals surface area contributed by atoms with Gasteiger partial charge in [0.1, 0.15) is 0 Å². The molecule has 1 aliphatic rings. The van der Waals surface area contributed by atoms with Crippen LogP contribution < -0.4 is 10.6 Å². The average Bonchev–Trinajstić information content (AvgIpc) is 2.82. The number of rotatable bonds is 4. The normalized spacial score (nSPS) is 23.0. The highest BCUT2D eigenvalue weighted by atomic mass is 16.2. The van der Waals surface area contributed by atoms with Crippen LogP contribution in [-0.4, -0.2) is 23.0 Å². The fourth-order valence-corrected chi connectivity index (χ4v) is 2.59. The maximum absolute atomic E-state index is 12.5. The summed E-state index contributed by atoms with van der Waals surface area (Å²) in [5.41, 5.74) is 1.48. The lowest BCUT2D eigenvalue weighted by atomic mass is 9.90. The SMILES string of the molecule is CCCC1(C(=O)Nc2cnccc2C)CCCN1. The van der Waals surface area contributed by atoms with Crippen LogP contribution in [-0.2, 0) is 4.79 Å². The Kier molecular flexibility index (Phi) is 3.97. The Bertz CT molecular complexity index is 425. The van der Waals surface area contributed by atoms with Crippen molar-refractivity contribution in [2.45, 2.75) is 45.1 Å². The highest BCUT2D eigenvalue weighted by Gasteiger charge is 2.39. The van der Waals surface area contributed by atoms with Crippen molar-refractivity contribution in [1.29, 1.82) is 0 Å².